The molecule has 0 saturated heterocycles. The van der Waals surface area contributed by atoms with Crippen molar-refractivity contribution in [3.05, 3.63) is 12.2 Å². The second-order valence-corrected chi connectivity index (χ2v) is 4.96. The molecule has 0 aliphatic heterocycles. The number of carbonyl (C=O) groups is 1. The van der Waals surface area contributed by atoms with Crippen molar-refractivity contribution >= 4 is 5.91 Å². The fourth-order valence-corrected chi connectivity index (χ4v) is 2.28. The summed E-state index contributed by atoms with van der Waals surface area (Å²) in [7, 11) is 0. The lowest BCUT2D eigenvalue weighted by molar-refractivity contribution is -0.117. The molecule has 98 valence electrons. The van der Waals surface area contributed by atoms with Crippen LogP contribution in [0, 0.1) is 0 Å². The Kier molecular flexibility index (Phi) is 6.94. The molecule has 17 heavy (non-hydrogen) atoms. The van der Waals surface area contributed by atoms with Gasteiger partial charge >= 0.3 is 0 Å². The van der Waals surface area contributed by atoms with Crippen LogP contribution in [0.3, 0.4) is 0 Å². The summed E-state index contributed by atoms with van der Waals surface area (Å²) in [6.07, 6.45) is 12.8. The van der Waals surface area contributed by atoms with E-state index < -0.39 is 0 Å². The normalized spacial score (nSPS) is 24.4. The topological polar surface area (TPSA) is 55.1 Å². The van der Waals surface area contributed by atoms with Crippen LogP contribution in [0.15, 0.2) is 12.2 Å². The summed E-state index contributed by atoms with van der Waals surface area (Å²) >= 11 is 0. The van der Waals surface area contributed by atoms with Gasteiger partial charge in [-0.15, -0.1) is 0 Å². The quantitative estimate of drug-likeness (QED) is 0.529. The second-order valence-electron chi connectivity index (χ2n) is 4.96. The molecule has 1 amide bonds. The van der Waals surface area contributed by atoms with Crippen molar-refractivity contribution in [3.8, 4) is 0 Å². The number of nitrogens with two attached hydrogens (primary N) is 1. The van der Waals surface area contributed by atoms with E-state index in [0.717, 1.165) is 25.7 Å². The highest BCUT2D eigenvalue weighted by molar-refractivity contribution is 5.87. The van der Waals surface area contributed by atoms with Crippen LogP contribution in [0.2, 0.25) is 0 Å². The molecule has 0 heterocycles. The fourth-order valence-electron chi connectivity index (χ4n) is 2.28. The zero-order valence-corrected chi connectivity index (χ0v) is 11.0. The lowest BCUT2D eigenvalue weighted by atomic mass is 10.1. The monoisotopic (exact) mass is 238 g/mol. The molecule has 0 bridgehead atoms. The van der Waals surface area contributed by atoms with E-state index in [-0.39, 0.29) is 18.0 Å². The number of nitrogens with one attached hydrogen (secondary N) is 1. The highest BCUT2D eigenvalue weighted by Crippen LogP contribution is 2.16. The standard InChI is InChI=1S/C14H26N2O/c1-2-3-4-5-6-7-11-14(17)16-13-10-8-9-12(13)15/h7,11-13H,2-6,8-10,15H2,1H3,(H,16,17)/b11-7+/t12-,13+/m1/s1. The summed E-state index contributed by atoms with van der Waals surface area (Å²) in [6, 6.07) is 0.337. The van der Waals surface area contributed by atoms with Crippen LogP contribution in [0.25, 0.3) is 0 Å². The summed E-state index contributed by atoms with van der Waals surface area (Å²) in [6.45, 7) is 2.20. The summed E-state index contributed by atoms with van der Waals surface area (Å²) in [5, 5.41) is 2.98. The highest BCUT2D eigenvalue weighted by Gasteiger charge is 2.24. The number of rotatable bonds is 7. The van der Waals surface area contributed by atoms with Crippen molar-refractivity contribution in [2.45, 2.75) is 70.4 Å². The van der Waals surface area contributed by atoms with E-state index >= 15 is 0 Å². The molecule has 0 unspecified atom stereocenters. The maximum Gasteiger partial charge on any atom is 0.243 e. The van der Waals surface area contributed by atoms with Gasteiger partial charge in [0.2, 0.25) is 5.91 Å². The predicted molar refractivity (Wildman–Crippen MR) is 71.7 cm³/mol. The Morgan fingerprint density at radius 3 is 2.82 bits per heavy atom. The minimum Gasteiger partial charge on any atom is -0.348 e. The summed E-state index contributed by atoms with van der Waals surface area (Å²) < 4.78 is 0. The van der Waals surface area contributed by atoms with Crippen molar-refractivity contribution in [1.82, 2.24) is 5.32 Å². The van der Waals surface area contributed by atoms with Crippen LogP contribution in [-0.2, 0) is 4.79 Å². The molecule has 0 radical (unpaired) electrons. The molecule has 1 rings (SSSR count). The number of hydrogen-bond acceptors (Lipinski definition) is 2. The summed E-state index contributed by atoms with van der Waals surface area (Å²) in [4.78, 5) is 11.6. The van der Waals surface area contributed by atoms with Crippen molar-refractivity contribution in [3.63, 3.8) is 0 Å². The molecule has 3 heteroatoms. The van der Waals surface area contributed by atoms with Gasteiger partial charge in [0.1, 0.15) is 0 Å². The van der Waals surface area contributed by atoms with E-state index in [1.165, 1.54) is 25.7 Å². The molecule has 0 aromatic heterocycles. The van der Waals surface area contributed by atoms with Crippen molar-refractivity contribution in [2.75, 3.05) is 0 Å². The molecule has 1 fully saturated rings. The van der Waals surface area contributed by atoms with Gasteiger partial charge in [0, 0.05) is 12.1 Å². The van der Waals surface area contributed by atoms with Gasteiger partial charge in [-0.2, -0.15) is 0 Å². The van der Waals surface area contributed by atoms with Crippen LogP contribution in [0.5, 0.6) is 0 Å². The molecule has 1 aliphatic carbocycles. The van der Waals surface area contributed by atoms with E-state index in [1.807, 2.05) is 6.08 Å². The smallest absolute Gasteiger partial charge is 0.243 e. The van der Waals surface area contributed by atoms with Gasteiger partial charge in [0.25, 0.3) is 0 Å². The van der Waals surface area contributed by atoms with Crippen molar-refractivity contribution in [1.29, 1.82) is 0 Å². The molecule has 1 aliphatic rings. The molecule has 3 N–H and O–H groups in total. The SMILES string of the molecule is CCCCCC/C=C/C(=O)N[C@H]1CCC[C@H]1N. The first kappa shape index (κ1) is 14.2. The van der Waals surface area contributed by atoms with Crippen LogP contribution in [-0.4, -0.2) is 18.0 Å². The first-order chi connectivity index (χ1) is 8.24. The first-order valence-electron chi connectivity index (χ1n) is 6.96. The molecule has 0 spiro atoms. The van der Waals surface area contributed by atoms with E-state index in [9.17, 15) is 4.79 Å². The lowest BCUT2D eigenvalue weighted by Gasteiger charge is -2.15. The number of allylic oxidation sites excluding steroid dienone is 1. The van der Waals surface area contributed by atoms with E-state index in [2.05, 4.69) is 12.2 Å². The van der Waals surface area contributed by atoms with Gasteiger partial charge in [-0.1, -0.05) is 32.3 Å². The largest absolute Gasteiger partial charge is 0.348 e. The van der Waals surface area contributed by atoms with E-state index in [0.29, 0.717) is 0 Å². The minimum absolute atomic E-state index is 0.0165. The number of carbonyl (C=O) groups excluding carboxylic acids is 1. The van der Waals surface area contributed by atoms with E-state index in [4.69, 9.17) is 5.73 Å². The van der Waals surface area contributed by atoms with Gasteiger partial charge in [0.15, 0.2) is 0 Å². The first-order valence-corrected chi connectivity index (χ1v) is 6.96. The van der Waals surface area contributed by atoms with Gasteiger partial charge in [-0.3, -0.25) is 4.79 Å². The molecular formula is C14H26N2O. The number of unbranched alkanes of at least 4 members (excludes halogenated alkanes) is 4. The second kappa shape index (κ2) is 8.29. The average molecular weight is 238 g/mol. The van der Waals surface area contributed by atoms with Crippen LogP contribution >= 0.6 is 0 Å². The van der Waals surface area contributed by atoms with Crippen LogP contribution < -0.4 is 11.1 Å². The van der Waals surface area contributed by atoms with Crippen LogP contribution in [0.4, 0.5) is 0 Å². The number of amides is 1. The van der Waals surface area contributed by atoms with Crippen molar-refractivity contribution < 1.29 is 4.79 Å². The Bertz CT molecular complexity index is 251. The Hall–Kier alpha value is -0.830. The maximum absolute atomic E-state index is 11.6. The molecule has 2 atom stereocenters. The van der Waals surface area contributed by atoms with Gasteiger partial charge < -0.3 is 11.1 Å². The molecule has 0 aromatic rings. The molecule has 0 aromatic carbocycles. The lowest BCUT2D eigenvalue weighted by Crippen LogP contribution is -2.43. The highest BCUT2D eigenvalue weighted by atomic mass is 16.1. The summed E-state index contributed by atoms with van der Waals surface area (Å²) in [5.41, 5.74) is 5.90. The number of hydrogen-bond donors (Lipinski definition) is 2. The molecule has 3 nitrogen and oxygen atoms in total. The summed E-state index contributed by atoms with van der Waals surface area (Å²) in [5.74, 6) is 0.0165. The Morgan fingerprint density at radius 2 is 2.18 bits per heavy atom. The van der Waals surface area contributed by atoms with Gasteiger partial charge in [-0.05, 0) is 38.2 Å². The van der Waals surface area contributed by atoms with E-state index in [1.54, 1.807) is 6.08 Å². The molecular weight excluding hydrogens is 212 g/mol. The fraction of sp³-hybridized carbons (Fsp3) is 0.786. The predicted octanol–water partition coefficient (Wildman–Crippen LogP) is 2.51. The zero-order chi connectivity index (χ0) is 12.5. The molecule has 1 saturated carbocycles. The maximum atomic E-state index is 11.6. The van der Waals surface area contributed by atoms with Crippen molar-refractivity contribution in [2.24, 2.45) is 5.73 Å². The van der Waals surface area contributed by atoms with Gasteiger partial charge in [0.05, 0.1) is 0 Å². The third-order valence-corrected chi connectivity index (χ3v) is 3.39. The van der Waals surface area contributed by atoms with Gasteiger partial charge in [-0.25, -0.2) is 0 Å². The zero-order valence-electron chi connectivity index (χ0n) is 11.0. The Balaban J connectivity index is 2.09. The van der Waals surface area contributed by atoms with Crippen LogP contribution in [0.1, 0.15) is 58.3 Å². The average Bonchev–Trinajstić information content (AvgIpc) is 2.69. The third kappa shape index (κ3) is 5.87. The third-order valence-electron chi connectivity index (χ3n) is 3.39. The Morgan fingerprint density at radius 1 is 1.35 bits per heavy atom. The minimum atomic E-state index is 0.0165. The Labute approximate surface area is 105 Å².